The number of carbonyl (C=O) groups excluding carboxylic acids is 1. The number of hydrogen-bond donors (Lipinski definition) is 2. The van der Waals surface area contributed by atoms with Gasteiger partial charge in [-0.05, 0) is 58.3 Å². The average Bonchev–Trinajstić information content (AvgIpc) is 3.00. The first-order chi connectivity index (χ1) is 10.9. The Kier molecular flexibility index (Phi) is 7.15. The molecular formula is C18H34N2O3. The van der Waals surface area contributed by atoms with E-state index in [0.29, 0.717) is 24.4 Å². The van der Waals surface area contributed by atoms with Gasteiger partial charge in [0.05, 0.1) is 6.61 Å². The van der Waals surface area contributed by atoms with Crippen LogP contribution in [-0.4, -0.2) is 44.0 Å². The van der Waals surface area contributed by atoms with Crippen LogP contribution in [0.25, 0.3) is 0 Å². The normalized spacial score (nSPS) is 24.4. The zero-order valence-electron chi connectivity index (χ0n) is 15.0. The first kappa shape index (κ1) is 18.5. The van der Waals surface area contributed by atoms with Crippen molar-refractivity contribution in [1.29, 1.82) is 0 Å². The molecule has 5 nitrogen and oxygen atoms in total. The molecule has 0 aromatic heterocycles. The van der Waals surface area contributed by atoms with Crippen LogP contribution in [0.4, 0.5) is 4.79 Å². The predicted octanol–water partition coefficient (Wildman–Crippen LogP) is 3.09. The zero-order chi connectivity index (χ0) is 16.7. The minimum absolute atomic E-state index is 0.316. The third-order valence-electron chi connectivity index (χ3n) is 4.76. The van der Waals surface area contributed by atoms with Crippen LogP contribution in [0.2, 0.25) is 0 Å². The Balaban J connectivity index is 1.78. The molecule has 2 atom stereocenters. The predicted molar refractivity (Wildman–Crippen MR) is 91.5 cm³/mol. The quantitative estimate of drug-likeness (QED) is 0.787. The van der Waals surface area contributed by atoms with Crippen LogP contribution >= 0.6 is 0 Å². The van der Waals surface area contributed by atoms with Gasteiger partial charge < -0.3 is 20.1 Å². The fraction of sp³-hybridized carbons (Fsp3) is 0.944. The molecule has 2 aliphatic rings. The van der Waals surface area contributed by atoms with Gasteiger partial charge in [0.25, 0.3) is 0 Å². The molecule has 5 heteroatoms. The second-order valence-corrected chi connectivity index (χ2v) is 8.03. The Morgan fingerprint density at radius 2 is 1.96 bits per heavy atom. The smallest absolute Gasteiger partial charge is 0.407 e. The number of nitrogens with one attached hydrogen (secondary N) is 2. The van der Waals surface area contributed by atoms with Gasteiger partial charge in [-0.1, -0.05) is 12.8 Å². The molecule has 23 heavy (non-hydrogen) atoms. The maximum Gasteiger partial charge on any atom is 0.407 e. The van der Waals surface area contributed by atoms with E-state index in [2.05, 4.69) is 10.6 Å². The highest BCUT2D eigenvalue weighted by molar-refractivity contribution is 5.67. The summed E-state index contributed by atoms with van der Waals surface area (Å²) >= 11 is 0. The lowest BCUT2D eigenvalue weighted by molar-refractivity contribution is 0.0489. The van der Waals surface area contributed by atoms with Crippen molar-refractivity contribution in [2.24, 2.45) is 11.8 Å². The molecule has 134 valence electrons. The Morgan fingerprint density at radius 3 is 2.57 bits per heavy atom. The van der Waals surface area contributed by atoms with Gasteiger partial charge in [0, 0.05) is 25.7 Å². The molecule has 1 saturated heterocycles. The van der Waals surface area contributed by atoms with Crippen LogP contribution in [-0.2, 0) is 9.47 Å². The van der Waals surface area contributed by atoms with Gasteiger partial charge in [0.2, 0.25) is 0 Å². The average molecular weight is 326 g/mol. The highest BCUT2D eigenvalue weighted by Gasteiger charge is 2.27. The molecule has 1 saturated carbocycles. The van der Waals surface area contributed by atoms with Crippen molar-refractivity contribution in [3.63, 3.8) is 0 Å². The summed E-state index contributed by atoms with van der Waals surface area (Å²) in [6, 6.07) is 0.340. The zero-order valence-corrected chi connectivity index (χ0v) is 15.0. The summed E-state index contributed by atoms with van der Waals surface area (Å²) in [6.07, 6.45) is 7.22. The monoisotopic (exact) mass is 326 g/mol. The lowest BCUT2D eigenvalue weighted by Crippen LogP contribution is -2.48. The van der Waals surface area contributed by atoms with Crippen molar-refractivity contribution in [2.75, 3.05) is 26.3 Å². The second kappa shape index (κ2) is 8.88. The SMILES string of the molecule is CC(C)(C)OC(=O)NCC(NCC1CCCOC1)C1CCCC1. The van der Waals surface area contributed by atoms with Gasteiger partial charge in [-0.3, -0.25) is 0 Å². The minimum atomic E-state index is -0.445. The highest BCUT2D eigenvalue weighted by Crippen LogP contribution is 2.28. The maximum absolute atomic E-state index is 11.9. The molecule has 1 aliphatic heterocycles. The van der Waals surface area contributed by atoms with Crippen LogP contribution in [0, 0.1) is 11.8 Å². The van der Waals surface area contributed by atoms with Gasteiger partial charge in [-0.15, -0.1) is 0 Å². The molecule has 0 radical (unpaired) electrons. The van der Waals surface area contributed by atoms with E-state index >= 15 is 0 Å². The van der Waals surface area contributed by atoms with Crippen LogP contribution in [0.5, 0.6) is 0 Å². The Labute approximate surface area is 140 Å². The minimum Gasteiger partial charge on any atom is -0.444 e. The summed E-state index contributed by atoms with van der Waals surface area (Å²) in [5.74, 6) is 1.27. The number of alkyl carbamates (subject to hydrolysis) is 1. The van der Waals surface area contributed by atoms with E-state index in [1.165, 1.54) is 32.1 Å². The summed E-state index contributed by atoms with van der Waals surface area (Å²) in [6.45, 7) is 9.07. The molecule has 0 aromatic rings. The molecule has 0 spiro atoms. The molecular weight excluding hydrogens is 292 g/mol. The van der Waals surface area contributed by atoms with Gasteiger partial charge in [-0.25, -0.2) is 4.79 Å². The molecule has 2 unspecified atom stereocenters. The fourth-order valence-electron chi connectivity index (χ4n) is 3.56. The molecule has 2 rings (SSSR count). The van der Waals surface area contributed by atoms with Crippen molar-refractivity contribution < 1.29 is 14.3 Å². The van der Waals surface area contributed by atoms with Crippen molar-refractivity contribution in [1.82, 2.24) is 10.6 Å². The van der Waals surface area contributed by atoms with Gasteiger partial charge >= 0.3 is 6.09 Å². The summed E-state index contributed by atoms with van der Waals surface area (Å²) < 4.78 is 10.9. The number of carbonyl (C=O) groups is 1. The van der Waals surface area contributed by atoms with Crippen molar-refractivity contribution >= 4 is 6.09 Å². The Morgan fingerprint density at radius 1 is 1.22 bits per heavy atom. The Hall–Kier alpha value is -0.810. The lowest BCUT2D eigenvalue weighted by Gasteiger charge is -2.29. The van der Waals surface area contributed by atoms with Gasteiger partial charge in [0.1, 0.15) is 5.60 Å². The number of ether oxygens (including phenoxy) is 2. The van der Waals surface area contributed by atoms with Crippen molar-refractivity contribution in [3.8, 4) is 0 Å². The molecule has 2 fully saturated rings. The summed E-state index contributed by atoms with van der Waals surface area (Å²) in [5.41, 5.74) is -0.445. The van der Waals surface area contributed by atoms with Crippen LogP contribution in [0.1, 0.15) is 59.3 Å². The molecule has 1 amide bonds. The summed E-state index contributed by atoms with van der Waals surface area (Å²) in [5, 5.41) is 6.65. The third-order valence-corrected chi connectivity index (χ3v) is 4.76. The van der Waals surface area contributed by atoms with Crippen molar-refractivity contribution in [3.05, 3.63) is 0 Å². The molecule has 0 aromatic carbocycles. The standard InChI is InChI=1S/C18H34N2O3/c1-18(2,3)23-17(21)20-12-16(15-8-4-5-9-15)19-11-14-7-6-10-22-13-14/h14-16,19H,4-13H2,1-3H3,(H,20,21). The summed E-state index contributed by atoms with van der Waals surface area (Å²) in [7, 11) is 0. The second-order valence-electron chi connectivity index (χ2n) is 8.03. The largest absolute Gasteiger partial charge is 0.444 e. The number of rotatable bonds is 6. The van der Waals surface area contributed by atoms with Crippen molar-refractivity contribution in [2.45, 2.75) is 70.9 Å². The first-order valence-electron chi connectivity index (χ1n) is 9.22. The topological polar surface area (TPSA) is 59.6 Å². The van der Waals surface area contributed by atoms with Crippen LogP contribution < -0.4 is 10.6 Å². The van der Waals surface area contributed by atoms with Gasteiger partial charge in [-0.2, -0.15) is 0 Å². The molecule has 1 aliphatic carbocycles. The first-order valence-corrected chi connectivity index (χ1v) is 9.22. The molecule has 2 N–H and O–H groups in total. The van der Waals surface area contributed by atoms with E-state index < -0.39 is 5.60 Å². The van der Waals surface area contributed by atoms with Crippen LogP contribution in [0.3, 0.4) is 0 Å². The van der Waals surface area contributed by atoms with E-state index in [1.54, 1.807) is 0 Å². The highest BCUT2D eigenvalue weighted by atomic mass is 16.6. The number of hydrogen-bond acceptors (Lipinski definition) is 4. The fourth-order valence-corrected chi connectivity index (χ4v) is 3.56. The van der Waals surface area contributed by atoms with Gasteiger partial charge in [0.15, 0.2) is 0 Å². The molecule has 0 bridgehead atoms. The third kappa shape index (κ3) is 7.08. The van der Waals surface area contributed by atoms with E-state index in [1.807, 2.05) is 20.8 Å². The van der Waals surface area contributed by atoms with E-state index in [-0.39, 0.29) is 6.09 Å². The van der Waals surface area contributed by atoms with E-state index in [0.717, 1.165) is 26.2 Å². The lowest BCUT2D eigenvalue weighted by atomic mass is 9.96. The Bertz CT molecular complexity index is 356. The summed E-state index contributed by atoms with van der Waals surface area (Å²) in [4.78, 5) is 11.9. The van der Waals surface area contributed by atoms with E-state index in [9.17, 15) is 4.79 Å². The maximum atomic E-state index is 11.9. The van der Waals surface area contributed by atoms with E-state index in [4.69, 9.17) is 9.47 Å². The molecule has 1 heterocycles. The number of amides is 1. The van der Waals surface area contributed by atoms with Crippen LogP contribution in [0.15, 0.2) is 0 Å².